The first-order valence-corrected chi connectivity index (χ1v) is 10.8. The number of thioether (sulfide) groups is 1. The fourth-order valence-corrected chi connectivity index (χ4v) is 4.08. The van der Waals surface area contributed by atoms with Crippen molar-refractivity contribution in [1.82, 2.24) is 15.2 Å². The van der Waals surface area contributed by atoms with Crippen molar-refractivity contribution in [1.29, 1.82) is 0 Å². The Kier molecular flexibility index (Phi) is 8.42. The van der Waals surface area contributed by atoms with E-state index in [1.54, 1.807) is 0 Å². The number of hydrogen-bond donors (Lipinski definition) is 2. The van der Waals surface area contributed by atoms with Gasteiger partial charge in [-0.05, 0) is 18.2 Å². The summed E-state index contributed by atoms with van der Waals surface area (Å²) in [5.74, 6) is 3.15. The van der Waals surface area contributed by atoms with Gasteiger partial charge in [0.2, 0.25) is 0 Å². The quantitative estimate of drug-likeness (QED) is 0.610. The molecule has 0 bridgehead atoms. The Morgan fingerprint density at radius 1 is 1.15 bits per heavy atom. The second kappa shape index (κ2) is 11.3. The molecular formula is C21H29N3O2S. The molecule has 1 saturated heterocycles. The van der Waals surface area contributed by atoms with Crippen LogP contribution in [0.15, 0.2) is 48.7 Å². The lowest BCUT2D eigenvalue weighted by Crippen LogP contribution is -2.40. The molecule has 2 N–H and O–H groups in total. The summed E-state index contributed by atoms with van der Waals surface area (Å²) in [6, 6.07) is 14.0. The minimum absolute atomic E-state index is 0.328. The number of ether oxygens (including phenoxy) is 1. The second-order valence-electron chi connectivity index (χ2n) is 6.73. The molecule has 5 nitrogen and oxygen atoms in total. The van der Waals surface area contributed by atoms with Crippen molar-refractivity contribution in [3.63, 3.8) is 0 Å². The van der Waals surface area contributed by atoms with Crippen LogP contribution in [0.4, 0.5) is 0 Å². The number of aromatic nitrogens is 1. The summed E-state index contributed by atoms with van der Waals surface area (Å²) >= 11 is 1.98. The molecule has 0 spiro atoms. The number of β-amino-alcohol motifs (C(OH)–C–C–N with tert-alkyl or cyclic N) is 1. The standard InChI is InChI=1S/C21H29N3O2S/c25-20(16-24-11-13-27-14-12-24)17-26-21-7-2-1-5-18(21)15-22-10-8-19-6-3-4-9-23-19/h1-7,9,20,22,25H,8,10-17H2. The predicted molar refractivity (Wildman–Crippen MR) is 111 cm³/mol. The van der Waals surface area contributed by atoms with Crippen LogP contribution in [-0.2, 0) is 13.0 Å². The van der Waals surface area contributed by atoms with Crippen molar-refractivity contribution in [2.45, 2.75) is 19.1 Å². The molecule has 27 heavy (non-hydrogen) atoms. The van der Waals surface area contributed by atoms with E-state index in [0.29, 0.717) is 13.2 Å². The highest BCUT2D eigenvalue weighted by Crippen LogP contribution is 2.18. The Hall–Kier alpha value is -1.60. The van der Waals surface area contributed by atoms with Crippen LogP contribution in [-0.4, -0.2) is 65.4 Å². The van der Waals surface area contributed by atoms with E-state index >= 15 is 0 Å². The van der Waals surface area contributed by atoms with Crippen LogP contribution in [0.3, 0.4) is 0 Å². The van der Waals surface area contributed by atoms with Crippen LogP contribution in [0, 0.1) is 0 Å². The number of aliphatic hydroxyl groups is 1. The number of aliphatic hydroxyl groups excluding tert-OH is 1. The lowest BCUT2D eigenvalue weighted by atomic mass is 10.2. The molecular weight excluding hydrogens is 358 g/mol. The van der Waals surface area contributed by atoms with Gasteiger partial charge in [0, 0.05) is 68.1 Å². The molecule has 1 unspecified atom stereocenters. The van der Waals surface area contributed by atoms with Crippen LogP contribution in [0.2, 0.25) is 0 Å². The lowest BCUT2D eigenvalue weighted by molar-refractivity contribution is 0.0711. The smallest absolute Gasteiger partial charge is 0.123 e. The van der Waals surface area contributed by atoms with E-state index in [1.807, 2.05) is 54.4 Å². The van der Waals surface area contributed by atoms with Gasteiger partial charge in [-0.3, -0.25) is 9.88 Å². The van der Waals surface area contributed by atoms with E-state index in [0.717, 1.165) is 61.1 Å². The molecule has 0 amide bonds. The average molecular weight is 388 g/mol. The SMILES string of the molecule is OC(COc1ccccc1CNCCc1ccccn1)CN1CCSCC1. The Balaban J connectivity index is 1.41. The van der Waals surface area contributed by atoms with Crippen molar-refractivity contribution < 1.29 is 9.84 Å². The van der Waals surface area contributed by atoms with E-state index in [9.17, 15) is 5.11 Å². The van der Waals surface area contributed by atoms with Crippen LogP contribution in [0.1, 0.15) is 11.3 Å². The van der Waals surface area contributed by atoms with Crippen LogP contribution < -0.4 is 10.1 Å². The number of rotatable bonds is 10. The summed E-state index contributed by atoms with van der Waals surface area (Å²) < 4.78 is 5.92. The van der Waals surface area contributed by atoms with Gasteiger partial charge in [0.1, 0.15) is 18.5 Å². The van der Waals surface area contributed by atoms with Gasteiger partial charge in [0.25, 0.3) is 0 Å². The fourth-order valence-electron chi connectivity index (χ4n) is 3.10. The van der Waals surface area contributed by atoms with Gasteiger partial charge >= 0.3 is 0 Å². The lowest BCUT2D eigenvalue weighted by Gasteiger charge is -2.28. The number of nitrogens with zero attached hydrogens (tertiary/aromatic N) is 2. The summed E-state index contributed by atoms with van der Waals surface area (Å²) in [7, 11) is 0. The molecule has 1 aromatic heterocycles. The third-order valence-electron chi connectivity index (χ3n) is 4.58. The topological polar surface area (TPSA) is 57.6 Å². The average Bonchev–Trinajstić information content (AvgIpc) is 2.72. The Morgan fingerprint density at radius 2 is 1.96 bits per heavy atom. The van der Waals surface area contributed by atoms with Gasteiger partial charge in [-0.25, -0.2) is 0 Å². The van der Waals surface area contributed by atoms with Gasteiger partial charge in [0.15, 0.2) is 0 Å². The molecule has 3 rings (SSSR count). The molecule has 1 fully saturated rings. The van der Waals surface area contributed by atoms with E-state index in [1.165, 1.54) is 0 Å². The number of para-hydroxylation sites is 1. The minimum atomic E-state index is -0.460. The van der Waals surface area contributed by atoms with E-state index in [4.69, 9.17) is 4.74 Å². The molecule has 1 atom stereocenters. The maximum atomic E-state index is 10.3. The molecule has 0 radical (unpaired) electrons. The molecule has 0 aliphatic carbocycles. The first kappa shape index (κ1) is 20.1. The third kappa shape index (κ3) is 7.14. The van der Waals surface area contributed by atoms with Crippen LogP contribution in [0.5, 0.6) is 5.75 Å². The van der Waals surface area contributed by atoms with Gasteiger partial charge in [0.05, 0.1) is 0 Å². The predicted octanol–water partition coefficient (Wildman–Crippen LogP) is 2.20. The highest BCUT2D eigenvalue weighted by Gasteiger charge is 2.15. The number of pyridine rings is 1. The summed E-state index contributed by atoms with van der Waals surface area (Å²) in [5, 5.41) is 13.7. The highest BCUT2D eigenvalue weighted by molar-refractivity contribution is 7.99. The van der Waals surface area contributed by atoms with Crippen molar-refractivity contribution >= 4 is 11.8 Å². The van der Waals surface area contributed by atoms with Gasteiger partial charge in [-0.2, -0.15) is 11.8 Å². The van der Waals surface area contributed by atoms with E-state index < -0.39 is 6.10 Å². The first-order chi connectivity index (χ1) is 13.3. The summed E-state index contributed by atoms with van der Waals surface area (Å²) in [6.07, 6.45) is 2.27. The van der Waals surface area contributed by atoms with Gasteiger partial charge in [-0.1, -0.05) is 24.3 Å². The zero-order valence-electron chi connectivity index (χ0n) is 15.7. The zero-order valence-corrected chi connectivity index (χ0v) is 16.5. The van der Waals surface area contributed by atoms with Crippen molar-refractivity contribution in [2.24, 2.45) is 0 Å². The molecule has 2 aromatic rings. The second-order valence-corrected chi connectivity index (χ2v) is 7.96. The van der Waals surface area contributed by atoms with Gasteiger partial charge < -0.3 is 15.2 Å². The normalized spacial score (nSPS) is 16.2. The molecule has 1 aromatic carbocycles. The zero-order chi connectivity index (χ0) is 18.7. The third-order valence-corrected chi connectivity index (χ3v) is 5.52. The van der Waals surface area contributed by atoms with Crippen molar-refractivity contribution in [3.8, 4) is 5.75 Å². The maximum Gasteiger partial charge on any atom is 0.123 e. The highest BCUT2D eigenvalue weighted by atomic mass is 32.2. The number of nitrogens with one attached hydrogen (secondary N) is 1. The largest absolute Gasteiger partial charge is 0.491 e. The Morgan fingerprint density at radius 3 is 2.78 bits per heavy atom. The fraction of sp³-hybridized carbons (Fsp3) is 0.476. The molecule has 1 aliphatic heterocycles. The minimum Gasteiger partial charge on any atom is -0.491 e. The Labute approximate surface area is 166 Å². The van der Waals surface area contributed by atoms with Crippen molar-refractivity contribution in [3.05, 3.63) is 59.9 Å². The van der Waals surface area contributed by atoms with E-state index in [-0.39, 0.29) is 0 Å². The van der Waals surface area contributed by atoms with E-state index in [2.05, 4.69) is 21.3 Å². The summed E-state index contributed by atoms with van der Waals surface area (Å²) in [5.41, 5.74) is 2.20. The molecule has 0 saturated carbocycles. The van der Waals surface area contributed by atoms with Crippen LogP contribution >= 0.6 is 11.8 Å². The molecule has 6 heteroatoms. The molecule has 146 valence electrons. The molecule has 2 heterocycles. The Bertz CT molecular complexity index is 665. The first-order valence-electron chi connectivity index (χ1n) is 9.61. The van der Waals surface area contributed by atoms with Crippen molar-refractivity contribution in [2.75, 3.05) is 44.3 Å². The molecule has 1 aliphatic rings. The number of benzene rings is 1. The van der Waals surface area contributed by atoms with Crippen LogP contribution in [0.25, 0.3) is 0 Å². The summed E-state index contributed by atoms with van der Waals surface area (Å²) in [4.78, 5) is 6.65. The monoisotopic (exact) mass is 387 g/mol. The summed E-state index contributed by atoms with van der Waals surface area (Å²) in [6.45, 7) is 4.72. The maximum absolute atomic E-state index is 10.3. The van der Waals surface area contributed by atoms with Gasteiger partial charge in [-0.15, -0.1) is 0 Å². The number of hydrogen-bond acceptors (Lipinski definition) is 6.